The van der Waals surface area contributed by atoms with Gasteiger partial charge in [-0.25, -0.2) is 0 Å². The summed E-state index contributed by atoms with van der Waals surface area (Å²) in [4.78, 5) is 37.3. The second-order valence-corrected chi connectivity index (χ2v) is 7.27. The molecule has 0 aliphatic rings. The molecule has 0 spiro atoms. The molecule has 0 saturated carbocycles. The van der Waals surface area contributed by atoms with Gasteiger partial charge in [0.05, 0.1) is 6.54 Å². The molecule has 3 amide bonds. The van der Waals surface area contributed by atoms with E-state index in [4.69, 9.17) is 0 Å². The Labute approximate surface area is 177 Å². The summed E-state index contributed by atoms with van der Waals surface area (Å²) in [6.45, 7) is 2.05. The van der Waals surface area contributed by atoms with Gasteiger partial charge in [0.2, 0.25) is 17.7 Å². The quantitative estimate of drug-likeness (QED) is 0.559. The molecule has 0 aliphatic carbocycles. The van der Waals surface area contributed by atoms with E-state index in [0.717, 1.165) is 17.7 Å². The lowest BCUT2D eigenvalue weighted by molar-refractivity contribution is -0.128. The first-order valence-electron chi connectivity index (χ1n) is 10.1. The van der Waals surface area contributed by atoms with Gasteiger partial charge in [-0.05, 0) is 48.7 Å². The minimum absolute atomic E-state index is 0.0465. The first-order chi connectivity index (χ1) is 14.4. The molecule has 0 fully saturated rings. The fourth-order valence-corrected chi connectivity index (χ4v) is 2.82. The SMILES string of the molecule is CCCC(=O)Nc1cccc(NC(=O)CNc2cccc(CCC(=O)N(C)C)c2)c1. The molecule has 0 unspecified atom stereocenters. The van der Waals surface area contributed by atoms with Gasteiger partial charge in [0.15, 0.2) is 0 Å². The summed E-state index contributed by atoms with van der Waals surface area (Å²) in [5, 5.41) is 8.74. The number of nitrogens with zero attached hydrogens (tertiary/aromatic N) is 1. The molecule has 0 saturated heterocycles. The normalized spacial score (nSPS) is 10.2. The Balaban J connectivity index is 1.85. The van der Waals surface area contributed by atoms with Crippen molar-refractivity contribution < 1.29 is 14.4 Å². The standard InChI is InChI=1S/C23H30N4O3/c1-4-7-21(28)25-19-10-6-11-20(15-19)26-22(29)16-24-18-9-5-8-17(14-18)12-13-23(30)27(2)3/h5-6,8-11,14-15,24H,4,7,12-13,16H2,1-3H3,(H,25,28)(H,26,29). The summed E-state index contributed by atoms with van der Waals surface area (Å²) in [5.41, 5.74) is 3.12. The maximum atomic E-state index is 12.3. The Hall–Kier alpha value is -3.35. The van der Waals surface area contributed by atoms with Gasteiger partial charge in [0.1, 0.15) is 0 Å². The Morgan fingerprint density at radius 1 is 0.833 bits per heavy atom. The van der Waals surface area contributed by atoms with Crippen LogP contribution in [-0.4, -0.2) is 43.3 Å². The van der Waals surface area contributed by atoms with E-state index in [1.807, 2.05) is 31.2 Å². The van der Waals surface area contributed by atoms with Crippen LogP contribution in [0.4, 0.5) is 17.1 Å². The average molecular weight is 411 g/mol. The number of hydrogen-bond donors (Lipinski definition) is 3. The van der Waals surface area contributed by atoms with E-state index < -0.39 is 0 Å². The van der Waals surface area contributed by atoms with Crippen molar-refractivity contribution in [3.05, 3.63) is 54.1 Å². The highest BCUT2D eigenvalue weighted by Crippen LogP contribution is 2.16. The highest BCUT2D eigenvalue weighted by Gasteiger charge is 2.07. The van der Waals surface area contributed by atoms with Crippen molar-refractivity contribution in [2.24, 2.45) is 0 Å². The molecule has 0 aromatic heterocycles. The van der Waals surface area contributed by atoms with E-state index in [2.05, 4.69) is 16.0 Å². The molecule has 3 N–H and O–H groups in total. The topological polar surface area (TPSA) is 90.5 Å². The van der Waals surface area contributed by atoms with Crippen molar-refractivity contribution in [3.8, 4) is 0 Å². The van der Waals surface area contributed by atoms with E-state index in [9.17, 15) is 14.4 Å². The van der Waals surface area contributed by atoms with Crippen LogP contribution in [0.5, 0.6) is 0 Å². The number of nitrogens with one attached hydrogen (secondary N) is 3. The molecule has 2 rings (SSSR count). The van der Waals surface area contributed by atoms with Crippen molar-refractivity contribution >= 4 is 34.8 Å². The fourth-order valence-electron chi connectivity index (χ4n) is 2.82. The second-order valence-electron chi connectivity index (χ2n) is 7.27. The molecule has 0 aliphatic heterocycles. The molecular weight excluding hydrogens is 380 g/mol. The van der Waals surface area contributed by atoms with Crippen LogP contribution in [0.3, 0.4) is 0 Å². The lowest BCUT2D eigenvalue weighted by atomic mass is 10.1. The highest BCUT2D eigenvalue weighted by atomic mass is 16.2. The van der Waals surface area contributed by atoms with Crippen LogP contribution < -0.4 is 16.0 Å². The molecule has 0 heterocycles. The van der Waals surface area contributed by atoms with Crippen molar-refractivity contribution in [2.45, 2.75) is 32.6 Å². The third kappa shape index (κ3) is 7.95. The maximum Gasteiger partial charge on any atom is 0.243 e. The molecule has 2 aromatic carbocycles. The van der Waals surface area contributed by atoms with Crippen molar-refractivity contribution in [3.63, 3.8) is 0 Å². The average Bonchev–Trinajstić information content (AvgIpc) is 2.71. The maximum absolute atomic E-state index is 12.3. The molecule has 7 nitrogen and oxygen atoms in total. The van der Waals surface area contributed by atoms with E-state index in [1.165, 1.54) is 0 Å². The minimum atomic E-state index is -0.194. The number of benzene rings is 2. The number of amides is 3. The number of anilines is 3. The van der Waals surface area contributed by atoms with Crippen LogP contribution in [0.2, 0.25) is 0 Å². The monoisotopic (exact) mass is 410 g/mol. The van der Waals surface area contributed by atoms with E-state index in [0.29, 0.717) is 30.6 Å². The third-order valence-corrected chi connectivity index (χ3v) is 4.41. The van der Waals surface area contributed by atoms with Gasteiger partial charge in [0.25, 0.3) is 0 Å². The largest absolute Gasteiger partial charge is 0.376 e. The van der Waals surface area contributed by atoms with Crippen LogP contribution in [0.15, 0.2) is 48.5 Å². The third-order valence-electron chi connectivity index (χ3n) is 4.41. The number of carbonyl (C=O) groups excluding carboxylic acids is 3. The Morgan fingerprint density at radius 2 is 1.47 bits per heavy atom. The molecule has 0 bridgehead atoms. The highest BCUT2D eigenvalue weighted by molar-refractivity contribution is 5.95. The van der Waals surface area contributed by atoms with Gasteiger partial charge in [-0.15, -0.1) is 0 Å². The zero-order valence-corrected chi connectivity index (χ0v) is 17.8. The number of rotatable bonds is 10. The molecule has 160 valence electrons. The Kier molecular flexibility index (Phi) is 8.87. The number of aryl methyl sites for hydroxylation is 1. The smallest absolute Gasteiger partial charge is 0.243 e. The van der Waals surface area contributed by atoms with Crippen LogP contribution in [0.25, 0.3) is 0 Å². The molecule has 2 aromatic rings. The van der Waals surface area contributed by atoms with Gasteiger partial charge >= 0.3 is 0 Å². The van der Waals surface area contributed by atoms with Gasteiger partial charge in [-0.2, -0.15) is 0 Å². The van der Waals surface area contributed by atoms with E-state index in [1.54, 1.807) is 43.3 Å². The summed E-state index contributed by atoms with van der Waals surface area (Å²) in [6, 6.07) is 14.8. The summed E-state index contributed by atoms with van der Waals surface area (Å²) in [7, 11) is 3.49. The summed E-state index contributed by atoms with van der Waals surface area (Å²) in [5.74, 6) is -0.157. The van der Waals surface area contributed by atoms with Crippen LogP contribution in [0, 0.1) is 0 Å². The number of carbonyl (C=O) groups is 3. The fraction of sp³-hybridized carbons (Fsp3) is 0.348. The van der Waals surface area contributed by atoms with Crippen LogP contribution in [-0.2, 0) is 20.8 Å². The van der Waals surface area contributed by atoms with Gasteiger partial charge in [-0.1, -0.05) is 25.1 Å². The van der Waals surface area contributed by atoms with Gasteiger partial charge in [0, 0.05) is 44.0 Å². The minimum Gasteiger partial charge on any atom is -0.376 e. The lowest BCUT2D eigenvalue weighted by Gasteiger charge is -2.12. The van der Waals surface area contributed by atoms with E-state index in [-0.39, 0.29) is 24.3 Å². The van der Waals surface area contributed by atoms with Gasteiger partial charge < -0.3 is 20.9 Å². The molecule has 7 heteroatoms. The predicted molar refractivity (Wildman–Crippen MR) is 121 cm³/mol. The van der Waals surface area contributed by atoms with Crippen molar-refractivity contribution in [2.75, 3.05) is 36.6 Å². The van der Waals surface area contributed by atoms with Gasteiger partial charge in [-0.3, -0.25) is 14.4 Å². The van der Waals surface area contributed by atoms with Crippen LogP contribution in [0.1, 0.15) is 31.7 Å². The molecule has 0 atom stereocenters. The zero-order valence-electron chi connectivity index (χ0n) is 17.8. The first-order valence-corrected chi connectivity index (χ1v) is 10.1. The zero-order chi connectivity index (χ0) is 21.9. The van der Waals surface area contributed by atoms with Crippen molar-refractivity contribution in [1.29, 1.82) is 0 Å². The first kappa shape index (κ1) is 22.9. The molecule has 0 radical (unpaired) electrons. The van der Waals surface area contributed by atoms with Crippen LogP contribution >= 0.6 is 0 Å². The second kappa shape index (κ2) is 11.6. The summed E-state index contributed by atoms with van der Waals surface area (Å²) >= 11 is 0. The summed E-state index contributed by atoms with van der Waals surface area (Å²) < 4.78 is 0. The lowest BCUT2D eigenvalue weighted by Crippen LogP contribution is -2.22. The van der Waals surface area contributed by atoms with Crippen molar-refractivity contribution in [1.82, 2.24) is 4.90 Å². The van der Waals surface area contributed by atoms with E-state index >= 15 is 0 Å². The molecule has 30 heavy (non-hydrogen) atoms. The predicted octanol–water partition coefficient (Wildman–Crippen LogP) is 3.50. The number of hydrogen-bond acceptors (Lipinski definition) is 4. The molecular formula is C23H30N4O3. The Morgan fingerprint density at radius 3 is 2.13 bits per heavy atom. The Bertz CT molecular complexity index is 880. The summed E-state index contributed by atoms with van der Waals surface area (Å²) in [6.07, 6.45) is 2.33.